The summed E-state index contributed by atoms with van der Waals surface area (Å²) in [6, 6.07) is 0.0731. The molecule has 0 spiro atoms. The van der Waals surface area contributed by atoms with Crippen LogP contribution in [-0.4, -0.2) is 47.8 Å². The molecular weight excluding hydrogens is 206 g/mol. The molecule has 0 aromatic carbocycles. The molecule has 0 bridgehead atoms. The summed E-state index contributed by atoms with van der Waals surface area (Å²) in [5, 5.41) is 8.99. The van der Waals surface area contributed by atoms with Gasteiger partial charge in [-0.05, 0) is 25.7 Å². The minimum atomic E-state index is -0.740. The normalized spacial score (nSPS) is 18.1. The van der Waals surface area contributed by atoms with E-state index in [-0.39, 0.29) is 0 Å². The molecule has 1 unspecified atom stereocenters. The summed E-state index contributed by atoms with van der Waals surface area (Å²) in [6.45, 7) is 8.08. The fraction of sp³-hybridized carbons (Fsp3) is 0.917. The maximum absolute atomic E-state index is 10.9. The van der Waals surface area contributed by atoms with Gasteiger partial charge in [0.25, 0.3) is 0 Å². The van der Waals surface area contributed by atoms with E-state index in [2.05, 4.69) is 13.8 Å². The van der Waals surface area contributed by atoms with Crippen LogP contribution < -0.4 is 0 Å². The minimum absolute atomic E-state index is 0.393. The van der Waals surface area contributed by atoms with Gasteiger partial charge in [0.15, 0.2) is 0 Å². The van der Waals surface area contributed by atoms with E-state index in [0.717, 1.165) is 26.0 Å². The first kappa shape index (κ1) is 13.5. The van der Waals surface area contributed by atoms with Crippen LogP contribution in [0.4, 0.5) is 0 Å². The molecule has 1 fully saturated rings. The van der Waals surface area contributed by atoms with E-state index >= 15 is 0 Å². The topological polar surface area (TPSA) is 49.8 Å². The quantitative estimate of drug-likeness (QED) is 0.642. The third-order valence-electron chi connectivity index (χ3n) is 2.82. The van der Waals surface area contributed by atoms with Crippen molar-refractivity contribution in [3.63, 3.8) is 0 Å². The first-order valence-corrected chi connectivity index (χ1v) is 6.08. The fourth-order valence-corrected chi connectivity index (χ4v) is 1.73. The summed E-state index contributed by atoms with van der Waals surface area (Å²) in [5.74, 6) is -0.206. The van der Waals surface area contributed by atoms with Crippen LogP contribution in [0.25, 0.3) is 0 Å². The second-order valence-electron chi connectivity index (χ2n) is 4.95. The number of aliphatic carboxylic acids is 1. The summed E-state index contributed by atoms with van der Waals surface area (Å²) >= 11 is 0. The number of hydrogen-bond acceptors (Lipinski definition) is 3. The number of carbonyl (C=O) groups is 1. The van der Waals surface area contributed by atoms with Crippen LogP contribution in [0.5, 0.6) is 0 Å². The predicted octanol–water partition coefficient (Wildman–Crippen LogP) is 1.60. The van der Waals surface area contributed by atoms with E-state index in [1.165, 1.54) is 0 Å². The van der Waals surface area contributed by atoms with Crippen LogP contribution in [-0.2, 0) is 9.53 Å². The molecule has 0 heterocycles. The maximum atomic E-state index is 10.9. The fourth-order valence-electron chi connectivity index (χ4n) is 1.73. The highest BCUT2D eigenvalue weighted by Gasteiger charge is 2.34. The molecule has 1 aliphatic rings. The Bertz CT molecular complexity index is 226. The van der Waals surface area contributed by atoms with Crippen molar-refractivity contribution in [3.8, 4) is 0 Å². The van der Waals surface area contributed by atoms with Crippen molar-refractivity contribution in [1.82, 2.24) is 4.90 Å². The van der Waals surface area contributed by atoms with Crippen LogP contribution in [0, 0.1) is 5.92 Å². The molecular formula is C12H23NO3. The maximum Gasteiger partial charge on any atom is 0.320 e. The van der Waals surface area contributed by atoms with Crippen molar-refractivity contribution in [1.29, 1.82) is 0 Å². The van der Waals surface area contributed by atoms with Gasteiger partial charge in [-0.1, -0.05) is 13.8 Å². The average Bonchev–Trinajstić information content (AvgIpc) is 3.00. The summed E-state index contributed by atoms with van der Waals surface area (Å²) in [6.07, 6.45) is 2.25. The highest BCUT2D eigenvalue weighted by molar-refractivity contribution is 5.73. The molecule has 1 N–H and O–H groups in total. The van der Waals surface area contributed by atoms with Gasteiger partial charge in [0.1, 0.15) is 6.04 Å². The third-order valence-corrected chi connectivity index (χ3v) is 2.82. The Balaban J connectivity index is 2.26. The number of ether oxygens (including phenoxy) is 1. The number of carboxylic acid groups (broad SMARTS) is 1. The van der Waals surface area contributed by atoms with Crippen molar-refractivity contribution < 1.29 is 14.6 Å². The Hall–Kier alpha value is -0.610. The van der Waals surface area contributed by atoms with Gasteiger partial charge in [-0.15, -0.1) is 0 Å². The summed E-state index contributed by atoms with van der Waals surface area (Å²) in [4.78, 5) is 13.0. The van der Waals surface area contributed by atoms with Crippen molar-refractivity contribution in [3.05, 3.63) is 0 Å². The first-order chi connectivity index (χ1) is 7.52. The summed E-state index contributed by atoms with van der Waals surface area (Å²) in [5.41, 5.74) is 0. The van der Waals surface area contributed by atoms with E-state index in [4.69, 9.17) is 9.84 Å². The van der Waals surface area contributed by atoms with E-state index < -0.39 is 12.0 Å². The molecule has 4 nitrogen and oxygen atoms in total. The average molecular weight is 229 g/mol. The lowest BCUT2D eigenvalue weighted by molar-refractivity contribution is -0.143. The first-order valence-electron chi connectivity index (χ1n) is 6.08. The molecule has 1 saturated carbocycles. The second kappa shape index (κ2) is 6.21. The lowest BCUT2D eigenvalue weighted by Crippen LogP contribution is -2.42. The molecule has 0 aromatic rings. The van der Waals surface area contributed by atoms with E-state index in [1.54, 1.807) is 6.92 Å². The molecule has 1 atom stereocenters. The van der Waals surface area contributed by atoms with Crippen LogP contribution in [0.1, 0.15) is 33.6 Å². The van der Waals surface area contributed by atoms with Gasteiger partial charge in [-0.2, -0.15) is 0 Å². The summed E-state index contributed by atoms with van der Waals surface area (Å²) in [7, 11) is 0. The molecule has 0 aliphatic heterocycles. The molecule has 94 valence electrons. The molecule has 0 saturated heterocycles. The lowest BCUT2D eigenvalue weighted by Gasteiger charge is -2.26. The van der Waals surface area contributed by atoms with Gasteiger partial charge in [0.05, 0.1) is 6.61 Å². The molecule has 0 amide bonds. The second-order valence-corrected chi connectivity index (χ2v) is 4.95. The standard InChI is InChI=1S/C12H23NO3/c1-9(2)8-16-7-6-13(11-4-5-11)10(3)12(14)15/h9-11H,4-8H2,1-3H3,(H,14,15). The number of hydrogen-bond donors (Lipinski definition) is 1. The lowest BCUT2D eigenvalue weighted by atomic mass is 10.2. The molecule has 0 aromatic heterocycles. The zero-order chi connectivity index (χ0) is 12.1. The van der Waals surface area contributed by atoms with Crippen molar-refractivity contribution in [2.24, 2.45) is 5.92 Å². The Morgan fingerprint density at radius 3 is 2.50 bits per heavy atom. The molecule has 4 heteroatoms. The molecule has 1 rings (SSSR count). The monoisotopic (exact) mass is 229 g/mol. The Labute approximate surface area is 97.6 Å². The largest absolute Gasteiger partial charge is 0.480 e. The van der Waals surface area contributed by atoms with Gasteiger partial charge >= 0.3 is 5.97 Å². The smallest absolute Gasteiger partial charge is 0.320 e. The van der Waals surface area contributed by atoms with Gasteiger partial charge in [0, 0.05) is 19.2 Å². The number of nitrogens with zero attached hydrogens (tertiary/aromatic N) is 1. The van der Waals surface area contributed by atoms with Crippen LogP contribution in [0.15, 0.2) is 0 Å². The Morgan fingerprint density at radius 2 is 2.06 bits per heavy atom. The van der Waals surface area contributed by atoms with E-state index in [1.807, 2.05) is 4.90 Å². The van der Waals surface area contributed by atoms with Crippen molar-refractivity contribution >= 4 is 5.97 Å². The van der Waals surface area contributed by atoms with Gasteiger partial charge < -0.3 is 9.84 Å². The van der Waals surface area contributed by atoms with Gasteiger partial charge in [-0.3, -0.25) is 9.69 Å². The van der Waals surface area contributed by atoms with Crippen LogP contribution in [0.3, 0.4) is 0 Å². The van der Waals surface area contributed by atoms with Crippen molar-refractivity contribution in [2.45, 2.75) is 45.7 Å². The SMILES string of the molecule is CC(C)COCCN(C1CC1)C(C)C(=O)O. The summed E-state index contributed by atoms with van der Waals surface area (Å²) < 4.78 is 5.50. The van der Waals surface area contributed by atoms with Crippen LogP contribution >= 0.6 is 0 Å². The van der Waals surface area contributed by atoms with E-state index in [0.29, 0.717) is 18.6 Å². The highest BCUT2D eigenvalue weighted by atomic mass is 16.5. The zero-order valence-corrected chi connectivity index (χ0v) is 10.5. The minimum Gasteiger partial charge on any atom is -0.480 e. The zero-order valence-electron chi connectivity index (χ0n) is 10.5. The third kappa shape index (κ3) is 4.49. The van der Waals surface area contributed by atoms with Gasteiger partial charge in [-0.25, -0.2) is 0 Å². The van der Waals surface area contributed by atoms with E-state index in [9.17, 15) is 4.79 Å². The van der Waals surface area contributed by atoms with Gasteiger partial charge in [0.2, 0.25) is 0 Å². The molecule has 0 radical (unpaired) electrons. The highest BCUT2D eigenvalue weighted by Crippen LogP contribution is 2.28. The number of rotatable bonds is 8. The molecule has 1 aliphatic carbocycles. The molecule has 16 heavy (non-hydrogen) atoms. The predicted molar refractivity (Wildman–Crippen MR) is 62.5 cm³/mol. The van der Waals surface area contributed by atoms with Crippen LogP contribution in [0.2, 0.25) is 0 Å². The number of carboxylic acids is 1. The Kier molecular flexibility index (Phi) is 5.22. The van der Waals surface area contributed by atoms with Crippen molar-refractivity contribution in [2.75, 3.05) is 19.8 Å². The Morgan fingerprint density at radius 1 is 1.44 bits per heavy atom.